The quantitative estimate of drug-likeness (QED) is 0.577. The van der Waals surface area contributed by atoms with Gasteiger partial charge in [0, 0.05) is 30.8 Å². The molecule has 0 aromatic carbocycles. The molecule has 0 aliphatic carbocycles. The van der Waals surface area contributed by atoms with Crippen molar-refractivity contribution < 1.29 is 4.79 Å². The van der Waals surface area contributed by atoms with Gasteiger partial charge in [0.25, 0.3) is 5.91 Å². The van der Waals surface area contributed by atoms with E-state index in [0.717, 1.165) is 56.6 Å². The van der Waals surface area contributed by atoms with E-state index in [9.17, 15) is 4.79 Å². The Morgan fingerprint density at radius 3 is 2.84 bits per heavy atom. The van der Waals surface area contributed by atoms with Crippen LogP contribution in [0.15, 0.2) is 12.1 Å². The first-order valence-electron chi connectivity index (χ1n) is 11.5. The number of aromatic amines is 1. The lowest BCUT2D eigenvalue weighted by Crippen LogP contribution is -2.38. The third-order valence-corrected chi connectivity index (χ3v) is 6.39. The molecule has 1 atom stereocenters. The minimum atomic E-state index is 0.00834. The van der Waals surface area contributed by atoms with Crippen LogP contribution in [0, 0.1) is 0 Å². The Hall–Kier alpha value is -2.41. The fourth-order valence-corrected chi connectivity index (χ4v) is 4.52. The van der Waals surface area contributed by atoms with Crippen LogP contribution in [-0.2, 0) is 12.8 Å². The first kappa shape index (κ1) is 21.8. The highest BCUT2D eigenvalue weighted by Gasteiger charge is 2.25. The molecule has 1 N–H and O–H groups in total. The molecule has 7 nitrogen and oxygen atoms in total. The number of aromatic nitrogens is 5. The van der Waals surface area contributed by atoms with Crippen molar-refractivity contribution in [1.82, 2.24) is 29.5 Å². The summed E-state index contributed by atoms with van der Waals surface area (Å²) in [5, 5.41) is 5.20. The van der Waals surface area contributed by atoms with Crippen molar-refractivity contribution in [3.63, 3.8) is 0 Å². The number of halogens is 1. The zero-order valence-electron chi connectivity index (χ0n) is 18.6. The highest BCUT2D eigenvalue weighted by molar-refractivity contribution is 6.31. The van der Waals surface area contributed by atoms with E-state index in [1.807, 2.05) is 17.0 Å². The molecule has 0 spiro atoms. The second kappa shape index (κ2) is 9.39. The van der Waals surface area contributed by atoms with E-state index in [1.54, 1.807) is 4.52 Å². The zero-order chi connectivity index (χ0) is 22.0. The Balaban J connectivity index is 1.70. The van der Waals surface area contributed by atoms with Gasteiger partial charge in [-0.2, -0.15) is 5.10 Å². The summed E-state index contributed by atoms with van der Waals surface area (Å²) in [5.74, 6) is 0.877. The minimum absolute atomic E-state index is 0.00834. The number of amides is 1. The van der Waals surface area contributed by atoms with Gasteiger partial charge in [-0.3, -0.25) is 4.79 Å². The van der Waals surface area contributed by atoms with E-state index in [2.05, 4.69) is 35.7 Å². The maximum atomic E-state index is 13.3. The van der Waals surface area contributed by atoms with E-state index >= 15 is 0 Å². The summed E-state index contributed by atoms with van der Waals surface area (Å²) < 4.78 is 1.80. The molecule has 166 valence electrons. The Kier molecular flexibility index (Phi) is 6.60. The third-order valence-electron chi connectivity index (χ3n) is 6.11. The molecular weight excluding hydrogens is 412 g/mol. The van der Waals surface area contributed by atoms with Crippen LogP contribution in [-0.4, -0.2) is 48.0 Å². The van der Waals surface area contributed by atoms with Gasteiger partial charge in [-0.15, -0.1) is 0 Å². The van der Waals surface area contributed by atoms with Crippen LogP contribution in [0.1, 0.15) is 81.3 Å². The fourth-order valence-electron chi connectivity index (χ4n) is 4.27. The van der Waals surface area contributed by atoms with E-state index in [4.69, 9.17) is 16.7 Å². The van der Waals surface area contributed by atoms with Gasteiger partial charge in [0.2, 0.25) is 0 Å². The molecule has 8 heteroatoms. The van der Waals surface area contributed by atoms with Crippen LogP contribution >= 0.6 is 11.6 Å². The summed E-state index contributed by atoms with van der Waals surface area (Å²) in [6.07, 6.45) is 8.19. The summed E-state index contributed by atoms with van der Waals surface area (Å²) in [6, 6.07) is 3.98. The molecule has 0 radical (unpaired) electrons. The van der Waals surface area contributed by atoms with Crippen LogP contribution in [0.5, 0.6) is 0 Å². The zero-order valence-corrected chi connectivity index (χ0v) is 19.4. The standard InChI is InChI=1S/C23H31ClN6O/c1-4-6-11-19-26-21(22(24)27-19)17-14-20-25-18(13-16(5-2)30(20)28-17)23(31)29-12-9-7-8-10-15(29)3/h13-15H,4-12H2,1-3H3,(H,26,27)/t15-/m1/s1. The average molecular weight is 443 g/mol. The Bertz CT molecular complexity index is 1070. The second-order valence-corrected chi connectivity index (χ2v) is 8.81. The Morgan fingerprint density at radius 1 is 1.23 bits per heavy atom. The molecule has 1 aliphatic rings. The topological polar surface area (TPSA) is 79.2 Å². The van der Waals surface area contributed by atoms with Crippen LogP contribution in [0.4, 0.5) is 0 Å². The molecule has 3 aromatic rings. The smallest absolute Gasteiger partial charge is 0.272 e. The molecule has 0 bridgehead atoms. The first-order valence-corrected chi connectivity index (χ1v) is 11.8. The summed E-state index contributed by atoms with van der Waals surface area (Å²) in [6.45, 7) is 7.14. The SMILES string of the molecule is CCCCc1nc(-c2cc3nc(C(=O)N4CCCCC[C@H]4C)cc(CC)n3n2)c(Cl)[nH]1. The number of rotatable bonds is 6. The highest BCUT2D eigenvalue weighted by Crippen LogP contribution is 2.27. The lowest BCUT2D eigenvalue weighted by Gasteiger charge is -2.27. The number of nitrogens with zero attached hydrogens (tertiary/aromatic N) is 5. The normalized spacial score (nSPS) is 17.3. The number of hydrogen-bond donors (Lipinski definition) is 1. The van der Waals surface area contributed by atoms with E-state index < -0.39 is 0 Å². The van der Waals surface area contributed by atoms with Crippen molar-refractivity contribution in [2.75, 3.05) is 6.54 Å². The van der Waals surface area contributed by atoms with Crippen LogP contribution in [0.3, 0.4) is 0 Å². The Morgan fingerprint density at radius 2 is 2.06 bits per heavy atom. The summed E-state index contributed by atoms with van der Waals surface area (Å²) in [5.41, 5.74) is 3.38. The van der Waals surface area contributed by atoms with E-state index in [1.165, 1.54) is 12.8 Å². The predicted molar refractivity (Wildman–Crippen MR) is 123 cm³/mol. The van der Waals surface area contributed by atoms with Crippen molar-refractivity contribution in [3.05, 3.63) is 34.5 Å². The van der Waals surface area contributed by atoms with Gasteiger partial charge in [-0.25, -0.2) is 14.5 Å². The van der Waals surface area contributed by atoms with Crippen molar-refractivity contribution in [2.24, 2.45) is 0 Å². The number of imidazole rings is 1. The highest BCUT2D eigenvalue weighted by atomic mass is 35.5. The van der Waals surface area contributed by atoms with Gasteiger partial charge in [-0.05, 0) is 38.7 Å². The molecule has 3 aromatic heterocycles. The number of carbonyl (C=O) groups is 1. The molecule has 4 heterocycles. The molecule has 0 saturated carbocycles. The van der Waals surface area contributed by atoms with Gasteiger partial charge in [0.1, 0.15) is 28.1 Å². The number of hydrogen-bond acceptors (Lipinski definition) is 4. The van der Waals surface area contributed by atoms with Crippen molar-refractivity contribution in [1.29, 1.82) is 0 Å². The average Bonchev–Trinajstić information content (AvgIpc) is 3.29. The van der Waals surface area contributed by atoms with Crippen molar-refractivity contribution in [2.45, 2.75) is 78.2 Å². The van der Waals surface area contributed by atoms with Gasteiger partial charge in [-0.1, -0.05) is 44.7 Å². The molecule has 1 amide bonds. The van der Waals surface area contributed by atoms with Crippen LogP contribution in [0.2, 0.25) is 5.15 Å². The van der Waals surface area contributed by atoms with E-state index in [0.29, 0.717) is 27.9 Å². The molecule has 1 fully saturated rings. The van der Waals surface area contributed by atoms with Crippen molar-refractivity contribution in [3.8, 4) is 11.4 Å². The monoisotopic (exact) mass is 442 g/mol. The van der Waals surface area contributed by atoms with Gasteiger partial charge in [0.15, 0.2) is 5.65 Å². The van der Waals surface area contributed by atoms with Gasteiger partial charge < -0.3 is 9.88 Å². The van der Waals surface area contributed by atoms with Crippen LogP contribution < -0.4 is 0 Å². The predicted octanol–water partition coefficient (Wildman–Crippen LogP) is 5.08. The molecule has 1 aliphatic heterocycles. The van der Waals surface area contributed by atoms with Crippen LogP contribution in [0.25, 0.3) is 17.0 Å². The maximum Gasteiger partial charge on any atom is 0.272 e. The van der Waals surface area contributed by atoms with E-state index in [-0.39, 0.29) is 11.9 Å². The number of fused-ring (bicyclic) bond motifs is 1. The van der Waals surface area contributed by atoms with Gasteiger partial charge >= 0.3 is 0 Å². The summed E-state index contributed by atoms with van der Waals surface area (Å²) in [7, 11) is 0. The first-order chi connectivity index (χ1) is 15.0. The summed E-state index contributed by atoms with van der Waals surface area (Å²) in [4.78, 5) is 27.8. The molecule has 0 unspecified atom stereocenters. The molecular formula is C23H31ClN6O. The lowest BCUT2D eigenvalue weighted by atomic mass is 10.1. The minimum Gasteiger partial charge on any atom is -0.335 e. The molecule has 1 saturated heterocycles. The number of nitrogens with one attached hydrogen (secondary N) is 1. The number of H-pyrrole nitrogens is 1. The second-order valence-electron chi connectivity index (χ2n) is 8.43. The molecule has 4 rings (SSSR count). The largest absolute Gasteiger partial charge is 0.335 e. The van der Waals surface area contributed by atoms with Crippen molar-refractivity contribution >= 4 is 23.2 Å². The maximum absolute atomic E-state index is 13.3. The fraction of sp³-hybridized carbons (Fsp3) is 0.565. The Labute approximate surface area is 188 Å². The third kappa shape index (κ3) is 4.47. The van der Waals surface area contributed by atoms with Gasteiger partial charge in [0.05, 0.1) is 0 Å². The number of likely N-dealkylation sites (tertiary alicyclic amines) is 1. The summed E-state index contributed by atoms with van der Waals surface area (Å²) >= 11 is 6.43. The number of unbranched alkanes of at least 4 members (excludes halogenated alkanes) is 1. The molecule has 31 heavy (non-hydrogen) atoms. The number of aryl methyl sites for hydroxylation is 2. The number of carbonyl (C=O) groups excluding carboxylic acids is 1. The lowest BCUT2D eigenvalue weighted by molar-refractivity contribution is 0.0692.